The highest BCUT2D eigenvalue weighted by atomic mass is 19.1. The van der Waals surface area contributed by atoms with Gasteiger partial charge in [-0.25, -0.2) is 4.39 Å². The van der Waals surface area contributed by atoms with Crippen molar-refractivity contribution in [1.82, 2.24) is 4.90 Å². The lowest BCUT2D eigenvalue weighted by Crippen LogP contribution is -2.39. The number of carbonyl (C=O) groups excluding carboxylic acids is 1. The molecule has 168 valence electrons. The smallest absolute Gasteiger partial charge is 0.255 e. The van der Waals surface area contributed by atoms with Crippen LogP contribution < -0.4 is 4.74 Å². The molecule has 0 spiro atoms. The molecule has 3 aromatic rings. The van der Waals surface area contributed by atoms with Gasteiger partial charge in [-0.15, -0.1) is 0 Å². The van der Waals surface area contributed by atoms with Gasteiger partial charge in [-0.05, 0) is 49.1 Å². The van der Waals surface area contributed by atoms with Crippen molar-refractivity contribution in [2.45, 2.75) is 32.4 Å². The first-order valence-corrected chi connectivity index (χ1v) is 11.1. The first-order chi connectivity index (χ1) is 16.0. The van der Waals surface area contributed by atoms with Crippen molar-refractivity contribution in [3.8, 4) is 16.9 Å². The second-order valence-electron chi connectivity index (χ2n) is 8.34. The molecule has 0 saturated carbocycles. The van der Waals surface area contributed by atoms with Crippen LogP contribution >= 0.6 is 0 Å². The molecule has 1 atom stereocenters. The third-order valence-corrected chi connectivity index (χ3v) is 6.35. The van der Waals surface area contributed by atoms with E-state index in [2.05, 4.69) is 13.5 Å². The Kier molecular flexibility index (Phi) is 6.74. The van der Waals surface area contributed by atoms with Gasteiger partial charge >= 0.3 is 0 Å². The number of amides is 1. The molecule has 0 N–H and O–H groups in total. The zero-order chi connectivity index (χ0) is 23.4. The van der Waals surface area contributed by atoms with E-state index >= 15 is 0 Å². The molecule has 0 fully saturated rings. The van der Waals surface area contributed by atoms with E-state index in [-0.39, 0.29) is 17.8 Å². The van der Waals surface area contributed by atoms with Crippen molar-refractivity contribution in [3.63, 3.8) is 0 Å². The Bertz CT molecular complexity index is 1210. The minimum absolute atomic E-state index is 0.0101. The maximum absolute atomic E-state index is 14.7. The van der Waals surface area contributed by atoms with Crippen LogP contribution in [0.2, 0.25) is 0 Å². The number of ether oxygens (including phenoxy) is 1. The van der Waals surface area contributed by atoms with Crippen LogP contribution in [-0.2, 0) is 6.54 Å². The molecular weight excluding hydrogens is 413 g/mol. The fourth-order valence-corrected chi connectivity index (χ4v) is 4.59. The molecule has 1 aliphatic rings. The molecule has 4 rings (SSSR count). The van der Waals surface area contributed by atoms with Gasteiger partial charge < -0.3 is 9.64 Å². The van der Waals surface area contributed by atoms with Crippen LogP contribution in [0.3, 0.4) is 0 Å². The third-order valence-electron chi connectivity index (χ3n) is 6.35. The Morgan fingerprint density at radius 3 is 2.39 bits per heavy atom. The molecule has 1 unspecified atom stereocenters. The van der Waals surface area contributed by atoms with Crippen molar-refractivity contribution in [1.29, 1.82) is 0 Å². The summed E-state index contributed by atoms with van der Waals surface area (Å²) in [5.74, 6) is 0.272. The van der Waals surface area contributed by atoms with Crippen LogP contribution in [0.5, 0.6) is 5.75 Å². The van der Waals surface area contributed by atoms with Crippen LogP contribution in [0, 0.1) is 5.82 Å². The maximum atomic E-state index is 14.7. The van der Waals surface area contributed by atoms with Gasteiger partial charge in [0.1, 0.15) is 11.6 Å². The monoisotopic (exact) mass is 441 g/mol. The minimum atomic E-state index is -0.346. The Balaban J connectivity index is 1.76. The maximum Gasteiger partial charge on any atom is 0.255 e. The Labute approximate surface area is 194 Å². The quantitative estimate of drug-likeness (QED) is 0.403. The van der Waals surface area contributed by atoms with E-state index < -0.39 is 0 Å². The van der Waals surface area contributed by atoms with Crippen LogP contribution in [0.4, 0.5) is 4.39 Å². The third kappa shape index (κ3) is 4.61. The fraction of sp³-hybridized carbons (Fsp3) is 0.207. The molecule has 3 aromatic carbocycles. The summed E-state index contributed by atoms with van der Waals surface area (Å²) in [6, 6.07) is 21.5. The van der Waals surface area contributed by atoms with E-state index in [0.717, 1.165) is 24.2 Å². The Morgan fingerprint density at radius 2 is 1.70 bits per heavy atom. The molecule has 4 heteroatoms. The lowest BCUT2D eigenvalue weighted by Gasteiger charge is -2.31. The first-order valence-electron chi connectivity index (χ1n) is 11.1. The molecule has 0 heterocycles. The van der Waals surface area contributed by atoms with Gasteiger partial charge in [-0.2, -0.15) is 0 Å². The predicted molar refractivity (Wildman–Crippen MR) is 131 cm³/mol. The van der Waals surface area contributed by atoms with Crippen LogP contribution in [0.15, 0.2) is 96.6 Å². The van der Waals surface area contributed by atoms with E-state index in [9.17, 15) is 9.18 Å². The van der Waals surface area contributed by atoms with Crippen molar-refractivity contribution < 1.29 is 13.9 Å². The standard InChI is InChI=1S/C29H28FNO2/c1-4-21-18-23(17-20(21)2)31(19-22-11-5-10-16-28(22)33-3)29(32)26-14-7-6-12-24(26)25-13-8-9-15-27(25)30/h4-16,23H,1,17-19H2,2-3H3. The number of rotatable bonds is 7. The van der Waals surface area contributed by atoms with Crippen molar-refractivity contribution >= 4 is 5.91 Å². The SMILES string of the molecule is C=CC1=C(C)CC(N(Cc2ccccc2OC)C(=O)c2ccccc2-c2ccccc2F)C1. The highest BCUT2D eigenvalue weighted by Crippen LogP contribution is 2.35. The number of para-hydroxylation sites is 1. The summed E-state index contributed by atoms with van der Waals surface area (Å²) in [5, 5.41) is 0. The molecule has 0 bridgehead atoms. The van der Waals surface area contributed by atoms with Crippen molar-refractivity contribution in [3.05, 3.63) is 114 Å². The van der Waals surface area contributed by atoms with Gasteiger partial charge in [-0.1, -0.05) is 72.8 Å². The highest BCUT2D eigenvalue weighted by molar-refractivity contribution is 6.01. The van der Waals surface area contributed by atoms with Gasteiger partial charge in [0.2, 0.25) is 0 Å². The van der Waals surface area contributed by atoms with Crippen molar-refractivity contribution in [2.24, 2.45) is 0 Å². The number of benzene rings is 3. The normalized spacial score (nSPS) is 15.4. The number of allylic oxidation sites excluding steroid dienone is 1. The molecule has 0 saturated heterocycles. The molecule has 0 aromatic heterocycles. The summed E-state index contributed by atoms with van der Waals surface area (Å²) in [4.78, 5) is 16.0. The first kappa shape index (κ1) is 22.5. The van der Waals surface area contributed by atoms with E-state index in [1.807, 2.05) is 47.4 Å². The summed E-state index contributed by atoms with van der Waals surface area (Å²) < 4.78 is 20.2. The zero-order valence-corrected chi connectivity index (χ0v) is 19.1. The fourth-order valence-electron chi connectivity index (χ4n) is 4.59. The second-order valence-corrected chi connectivity index (χ2v) is 8.34. The zero-order valence-electron chi connectivity index (χ0n) is 19.1. The molecule has 33 heavy (non-hydrogen) atoms. The van der Waals surface area contributed by atoms with E-state index in [1.165, 1.54) is 17.2 Å². The van der Waals surface area contributed by atoms with Gasteiger partial charge in [0.15, 0.2) is 0 Å². The topological polar surface area (TPSA) is 29.5 Å². The molecule has 1 amide bonds. The van der Waals surface area contributed by atoms with Crippen LogP contribution in [-0.4, -0.2) is 24.0 Å². The van der Waals surface area contributed by atoms with Crippen LogP contribution in [0.25, 0.3) is 11.1 Å². The van der Waals surface area contributed by atoms with Gasteiger partial charge in [0, 0.05) is 29.3 Å². The predicted octanol–water partition coefficient (Wildman–Crippen LogP) is 6.81. The Morgan fingerprint density at radius 1 is 1.03 bits per heavy atom. The number of hydrogen-bond acceptors (Lipinski definition) is 2. The Hall–Kier alpha value is -3.66. The number of methoxy groups -OCH3 is 1. The summed E-state index contributed by atoms with van der Waals surface area (Å²) in [5.41, 5.74) is 4.86. The molecule has 3 nitrogen and oxygen atoms in total. The highest BCUT2D eigenvalue weighted by Gasteiger charge is 2.31. The largest absolute Gasteiger partial charge is 0.496 e. The molecule has 1 aliphatic carbocycles. The summed E-state index contributed by atoms with van der Waals surface area (Å²) >= 11 is 0. The van der Waals surface area contributed by atoms with Gasteiger partial charge in [0.25, 0.3) is 5.91 Å². The second kappa shape index (κ2) is 9.86. The summed E-state index contributed by atoms with van der Waals surface area (Å²) in [6.45, 7) is 6.43. The molecule has 0 radical (unpaired) electrons. The van der Waals surface area contributed by atoms with Gasteiger partial charge in [-0.3, -0.25) is 4.79 Å². The average Bonchev–Trinajstić information content (AvgIpc) is 3.23. The lowest BCUT2D eigenvalue weighted by molar-refractivity contribution is 0.0667. The molecular formula is C29H28FNO2. The number of halogens is 1. The number of hydrogen-bond donors (Lipinski definition) is 0. The van der Waals surface area contributed by atoms with E-state index in [4.69, 9.17) is 4.74 Å². The van der Waals surface area contributed by atoms with Gasteiger partial charge in [0.05, 0.1) is 7.11 Å². The summed E-state index contributed by atoms with van der Waals surface area (Å²) in [7, 11) is 1.63. The summed E-state index contributed by atoms with van der Waals surface area (Å²) in [6.07, 6.45) is 3.41. The minimum Gasteiger partial charge on any atom is -0.496 e. The average molecular weight is 442 g/mol. The van der Waals surface area contributed by atoms with E-state index in [1.54, 1.807) is 37.4 Å². The number of carbonyl (C=O) groups is 1. The van der Waals surface area contributed by atoms with Crippen LogP contribution in [0.1, 0.15) is 35.7 Å². The van der Waals surface area contributed by atoms with Crippen molar-refractivity contribution in [2.75, 3.05) is 7.11 Å². The number of nitrogens with zero attached hydrogens (tertiary/aromatic N) is 1. The lowest BCUT2D eigenvalue weighted by atomic mass is 9.97. The molecule has 0 aliphatic heterocycles. The van der Waals surface area contributed by atoms with E-state index in [0.29, 0.717) is 23.2 Å².